The third-order valence-corrected chi connectivity index (χ3v) is 2.92. The number of hydrogen-bond donors (Lipinski definition) is 3. The van der Waals surface area contributed by atoms with Crippen LogP contribution >= 0.6 is 0 Å². The summed E-state index contributed by atoms with van der Waals surface area (Å²) in [6.07, 6.45) is 0.742. The lowest BCUT2D eigenvalue weighted by Gasteiger charge is -2.11. The van der Waals surface area contributed by atoms with Crippen LogP contribution in [-0.4, -0.2) is 36.8 Å². The van der Waals surface area contributed by atoms with E-state index < -0.39 is 0 Å². The number of hydrogen-bond acceptors (Lipinski definition) is 5. The van der Waals surface area contributed by atoms with Crippen LogP contribution in [0.3, 0.4) is 0 Å². The van der Waals surface area contributed by atoms with E-state index in [1.54, 1.807) is 24.3 Å². The molecule has 20 heavy (non-hydrogen) atoms. The van der Waals surface area contributed by atoms with Crippen LogP contribution in [-0.2, 0) is 9.53 Å². The van der Waals surface area contributed by atoms with Crippen molar-refractivity contribution >= 4 is 17.4 Å². The molecule has 1 aliphatic rings. The van der Waals surface area contributed by atoms with E-state index in [1.807, 2.05) is 0 Å². The number of rotatable bonds is 5. The van der Waals surface area contributed by atoms with Gasteiger partial charge in [-0.3, -0.25) is 4.79 Å². The predicted octanol–water partition coefficient (Wildman–Crippen LogP) is 0.787. The molecule has 2 rings (SSSR count). The average molecular weight is 279 g/mol. The third-order valence-electron chi connectivity index (χ3n) is 2.92. The summed E-state index contributed by atoms with van der Waals surface area (Å²) in [7, 11) is 0. The van der Waals surface area contributed by atoms with Gasteiger partial charge in [0.1, 0.15) is 12.4 Å². The molecular weight excluding hydrogens is 262 g/mol. The van der Waals surface area contributed by atoms with Crippen LogP contribution in [0, 0.1) is 5.92 Å². The van der Waals surface area contributed by atoms with Crippen LogP contribution < -0.4 is 15.8 Å². The zero-order valence-corrected chi connectivity index (χ0v) is 10.9. The third kappa shape index (κ3) is 3.86. The fourth-order valence-corrected chi connectivity index (χ4v) is 1.84. The summed E-state index contributed by atoms with van der Waals surface area (Å²) < 4.78 is 10.5. The van der Waals surface area contributed by atoms with E-state index in [4.69, 9.17) is 20.4 Å². The van der Waals surface area contributed by atoms with Crippen LogP contribution in [0.5, 0.6) is 5.75 Å². The topological polar surface area (TPSA) is 106 Å². The van der Waals surface area contributed by atoms with Gasteiger partial charge in [0.15, 0.2) is 5.84 Å². The number of nitrogens with one attached hydrogen (secondary N) is 1. The van der Waals surface area contributed by atoms with E-state index in [2.05, 4.69) is 10.5 Å². The molecule has 1 aromatic carbocycles. The van der Waals surface area contributed by atoms with E-state index in [-0.39, 0.29) is 24.3 Å². The molecule has 0 aromatic heterocycles. The summed E-state index contributed by atoms with van der Waals surface area (Å²) in [6.45, 7) is 1.07. The summed E-state index contributed by atoms with van der Waals surface area (Å²) in [5.41, 5.74) is 5.95. The van der Waals surface area contributed by atoms with E-state index >= 15 is 0 Å². The second kappa shape index (κ2) is 6.76. The molecule has 0 saturated carbocycles. The number of ether oxygens (including phenoxy) is 2. The number of benzene rings is 1. The van der Waals surface area contributed by atoms with Gasteiger partial charge in [-0.15, -0.1) is 0 Å². The summed E-state index contributed by atoms with van der Waals surface area (Å²) >= 11 is 0. The first kappa shape index (κ1) is 14.1. The predicted molar refractivity (Wildman–Crippen MR) is 72.9 cm³/mol. The molecule has 1 atom stereocenters. The number of nitrogens with zero attached hydrogens (tertiary/aromatic N) is 1. The number of carbonyl (C=O) groups excluding carboxylic acids is 1. The fraction of sp³-hybridized carbons (Fsp3) is 0.385. The monoisotopic (exact) mass is 279 g/mol. The van der Waals surface area contributed by atoms with E-state index in [0.29, 0.717) is 24.7 Å². The van der Waals surface area contributed by atoms with Crippen molar-refractivity contribution in [3.05, 3.63) is 24.3 Å². The lowest BCUT2D eigenvalue weighted by atomic mass is 10.1. The SMILES string of the molecule is N/C(COc1cccc(NC(=O)C2CCOC2)c1)=N\O. The Morgan fingerprint density at radius 3 is 3.15 bits per heavy atom. The van der Waals surface area contributed by atoms with E-state index in [9.17, 15) is 4.79 Å². The van der Waals surface area contributed by atoms with Gasteiger partial charge in [-0.2, -0.15) is 0 Å². The lowest BCUT2D eigenvalue weighted by Crippen LogP contribution is -2.23. The van der Waals surface area contributed by atoms with Gasteiger partial charge < -0.3 is 25.7 Å². The van der Waals surface area contributed by atoms with Gasteiger partial charge in [0.25, 0.3) is 0 Å². The maximum absolute atomic E-state index is 11.9. The first-order valence-corrected chi connectivity index (χ1v) is 6.27. The van der Waals surface area contributed by atoms with Gasteiger partial charge in [-0.1, -0.05) is 11.2 Å². The minimum absolute atomic E-state index is 0.0234. The minimum Gasteiger partial charge on any atom is -0.485 e. The van der Waals surface area contributed by atoms with Gasteiger partial charge >= 0.3 is 0 Å². The van der Waals surface area contributed by atoms with Gasteiger partial charge in [0, 0.05) is 18.4 Å². The minimum atomic E-state index is -0.100. The molecule has 1 unspecified atom stereocenters. The van der Waals surface area contributed by atoms with Crippen LogP contribution in [0.1, 0.15) is 6.42 Å². The largest absolute Gasteiger partial charge is 0.485 e. The molecular formula is C13H17N3O4. The van der Waals surface area contributed by atoms with Crippen molar-refractivity contribution < 1.29 is 19.5 Å². The maximum Gasteiger partial charge on any atom is 0.229 e. The van der Waals surface area contributed by atoms with Crippen molar-refractivity contribution in [2.24, 2.45) is 16.8 Å². The highest BCUT2D eigenvalue weighted by atomic mass is 16.5. The number of amidine groups is 1. The molecule has 1 heterocycles. The zero-order chi connectivity index (χ0) is 14.4. The Labute approximate surface area is 116 Å². The second-order valence-corrected chi connectivity index (χ2v) is 4.46. The van der Waals surface area contributed by atoms with Crippen molar-refractivity contribution in [3.8, 4) is 5.75 Å². The molecule has 108 valence electrons. The number of anilines is 1. The van der Waals surface area contributed by atoms with Crippen molar-refractivity contribution in [3.63, 3.8) is 0 Å². The molecule has 1 aromatic rings. The number of nitrogens with two attached hydrogens (primary N) is 1. The Kier molecular flexibility index (Phi) is 4.78. The molecule has 0 bridgehead atoms. The second-order valence-electron chi connectivity index (χ2n) is 4.46. The van der Waals surface area contributed by atoms with Crippen LogP contribution in [0.15, 0.2) is 29.4 Å². The standard InChI is InChI=1S/C13H17N3O4/c14-12(16-18)8-20-11-3-1-2-10(6-11)15-13(17)9-4-5-19-7-9/h1-3,6,9,18H,4-5,7-8H2,(H2,14,16)(H,15,17). The smallest absolute Gasteiger partial charge is 0.229 e. The van der Waals surface area contributed by atoms with Gasteiger partial charge in [0.05, 0.1) is 12.5 Å². The van der Waals surface area contributed by atoms with Gasteiger partial charge in [-0.25, -0.2) is 0 Å². The maximum atomic E-state index is 11.9. The fourth-order valence-electron chi connectivity index (χ4n) is 1.84. The Balaban J connectivity index is 1.93. The number of amides is 1. The van der Waals surface area contributed by atoms with Gasteiger partial charge in [-0.05, 0) is 18.6 Å². The summed E-state index contributed by atoms with van der Waals surface area (Å²) in [5.74, 6) is 0.340. The van der Waals surface area contributed by atoms with E-state index in [1.165, 1.54) is 0 Å². The zero-order valence-electron chi connectivity index (χ0n) is 10.9. The molecule has 1 amide bonds. The Morgan fingerprint density at radius 1 is 1.60 bits per heavy atom. The highest BCUT2D eigenvalue weighted by molar-refractivity contribution is 5.93. The van der Waals surface area contributed by atoms with Crippen LogP contribution in [0.25, 0.3) is 0 Å². The Bertz CT molecular complexity index is 498. The normalized spacial score (nSPS) is 18.8. The summed E-state index contributed by atoms with van der Waals surface area (Å²) in [6, 6.07) is 6.92. The van der Waals surface area contributed by atoms with Crippen molar-refractivity contribution in [2.45, 2.75) is 6.42 Å². The molecule has 0 aliphatic carbocycles. The van der Waals surface area contributed by atoms with Gasteiger partial charge in [0.2, 0.25) is 5.91 Å². The molecule has 1 fully saturated rings. The highest BCUT2D eigenvalue weighted by Crippen LogP contribution is 2.20. The quantitative estimate of drug-likeness (QED) is 0.320. The molecule has 7 nitrogen and oxygen atoms in total. The van der Waals surface area contributed by atoms with Crippen molar-refractivity contribution in [1.82, 2.24) is 0 Å². The highest BCUT2D eigenvalue weighted by Gasteiger charge is 2.23. The molecule has 4 N–H and O–H groups in total. The molecule has 0 spiro atoms. The first-order valence-electron chi connectivity index (χ1n) is 6.27. The summed E-state index contributed by atoms with van der Waals surface area (Å²) in [4.78, 5) is 11.9. The summed E-state index contributed by atoms with van der Waals surface area (Å²) in [5, 5.41) is 14.1. The molecule has 1 saturated heterocycles. The van der Waals surface area contributed by atoms with Crippen molar-refractivity contribution in [2.75, 3.05) is 25.1 Å². The Hall–Kier alpha value is -2.28. The Morgan fingerprint density at radius 2 is 2.45 bits per heavy atom. The van der Waals surface area contributed by atoms with Crippen LogP contribution in [0.2, 0.25) is 0 Å². The van der Waals surface area contributed by atoms with Crippen molar-refractivity contribution in [1.29, 1.82) is 0 Å². The van der Waals surface area contributed by atoms with Crippen LogP contribution in [0.4, 0.5) is 5.69 Å². The molecule has 1 aliphatic heterocycles. The lowest BCUT2D eigenvalue weighted by molar-refractivity contribution is -0.119. The number of oxime groups is 1. The number of carbonyl (C=O) groups is 1. The molecule has 7 heteroatoms. The average Bonchev–Trinajstić information content (AvgIpc) is 2.99. The molecule has 0 radical (unpaired) electrons. The first-order chi connectivity index (χ1) is 9.69. The van der Waals surface area contributed by atoms with E-state index in [0.717, 1.165) is 6.42 Å².